The maximum atomic E-state index is 11.6. The highest BCUT2D eigenvalue weighted by atomic mass is 35.5. The van der Waals surface area contributed by atoms with E-state index in [0.29, 0.717) is 5.02 Å². The van der Waals surface area contributed by atoms with Crippen molar-refractivity contribution < 1.29 is 0 Å². The number of benzene rings is 1. The summed E-state index contributed by atoms with van der Waals surface area (Å²) >= 11 is 11.4. The van der Waals surface area contributed by atoms with Crippen LogP contribution in [0.4, 0.5) is 0 Å². The second-order valence-electron chi connectivity index (χ2n) is 3.48. The molecule has 0 radical (unpaired) electrons. The van der Waals surface area contributed by atoms with Crippen molar-refractivity contribution in [1.29, 1.82) is 0 Å². The molecule has 0 fully saturated rings. The van der Waals surface area contributed by atoms with Crippen LogP contribution in [0.3, 0.4) is 0 Å². The average molecular weight is 271 g/mol. The lowest BCUT2D eigenvalue weighted by atomic mass is 10.2. The van der Waals surface area contributed by atoms with Crippen LogP contribution in [0.5, 0.6) is 0 Å². The summed E-state index contributed by atoms with van der Waals surface area (Å²) in [6.45, 7) is 0.159. The molecule has 6 heteroatoms. The molecule has 1 aromatic carbocycles. The molecular formula is C11H8Cl2N2O2. The van der Waals surface area contributed by atoms with Crippen molar-refractivity contribution in [3.63, 3.8) is 0 Å². The molecule has 0 bridgehead atoms. The van der Waals surface area contributed by atoms with Gasteiger partial charge in [-0.2, -0.15) is 0 Å². The summed E-state index contributed by atoms with van der Waals surface area (Å²) in [5.41, 5.74) is -0.214. The lowest BCUT2D eigenvalue weighted by Gasteiger charge is -2.04. The molecule has 4 nitrogen and oxygen atoms in total. The van der Waals surface area contributed by atoms with Crippen LogP contribution in [0.25, 0.3) is 0 Å². The number of aromatic nitrogens is 2. The monoisotopic (exact) mass is 270 g/mol. The van der Waals surface area contributed by atoms with Gasteiger partial charge in [-0.15, -0.1) is 0 Å². The summed E-state index contributed by atoms with van der Waals surface area (Å²) < 4.78 is 1.05. The molecule has 0 aliphatic carbocycles. The number of rotatable bonds is 2. The van der Waals surface area contributed by atoms with E-state index in [2.05, 4.69) is 4.98 Å². The third-order valence-electron chi connectivity index (χ3n) is 2.22. The van der Waals surface area contributed by atoms with E-state index >= 15 is 0 Å². The Morgan fingerprint density at radius 1 is 1.18 bits per heavy atom. The zero-order valence-corrected chi connectivity index (χ0v) is 10.1. The molecule has 1 N–H and O–H groups in total. The molecule has 1 aromatic heterocycles. The number of hydrogen-bond acceptors (Lipinski definition) is 2. The van der Waals surface area contributed by atoms with Gasteiger partial charge in [0.2, 0.25) is 0 Å². The van der Waals surface area contributed by atoms with E-state index in [0.717, 1.165) is 16.2 Å². The van der Waals surface area contributed by atoms with Gasteiger partial charge in [-0.1, -0.05) is 35.3 Å². The van der Waals surface area contributed by atoms with E-state index in [9.17, 15) is 9.59 Å². The Kier molecular flexibility index (Phi) is 3.36. The molecule has 17 heavy (non-hydrogen) atoms. The number of aromatic amines is 1. The van der Waals surface area contributed by atoms with Gasteiger partial charge in [0.05, 0.1) is 6.54 Å². The summed E-state index contributed by atoms with van der Waals surface area (Å²) in [5, 5.41) is 0.586. The first-order chi connectivity index (χ1) is 8.06. The average Bonchev–Trinajstić information content (AvgIpc) is 2.23. The van der Waals surface area contributed by atoms with Gasteiger partial charge < -0.3 is 0 Å². The highest BCUT2D eigenvalue weighted by Crippen LogP contribution is 2.10. The molecule has 0 aliphatic rings. The first-order valence-corrected chi connectivity index (χ1v) is 5.56. The predicted molar refractivity (Wildman–Crippen MR) is 66.9 cm³/mol. The minimum atomic E-state index is -0.539. The molecular weight excluding hydrogens is 263 g/mol. The van der Waals surface area contributed by atoms with Crippen LogP contribution in [0.1, 0.15) is 5.56 Å². The van der Waals surface area contributed by atoms with Crippen LogP contribution < -0.4 is 11.2 Å². The Labute approximate surface area is 106 Å². The van der Waals surface area contributed by atoms with Crippen molar-refractivity contribution in [2.45, 2.75) is 6.54 Å². The first-order valence-electron chi connectivity index (χ1n) is 4.80. The molecule has 88 valence electrons. The van der Waals surface area contributed by atoms with Crippen LogP contribution >= 0.6 is 23.2 Å². The van der Waals surface area contributed by atoms with Gasteiger partial charge in [0.15, 0.2) is 0 Å². The molecule has 2 rings (SSSR count). The fraction of sp³-hybridized carbons (Fsp3) is 0.0909. The lowest BCUT2D eigenvalue weighted by Crippen LogP contribution is -2.34. The summed E-state index contributed by atoms with van der Waals surface area (Å²) in [5.74, 6) is 0. The van der Waals surface area contributed by atoms with Gasteiger partial charge in [-0.25, -0.2) is 4.79 Å². The van der Waals surface area contributed by atoms with Crippen molar-refractivity contribution in [3.05, 3.63) is 66.9 Å². The van der Waals surface area contributed by atoms with E-state index < -0.39 is 11.2 Å². The van der Waals surface area contributed by atoms with Crippen LogP contribution in [0.15, 0.2) is 39.9 Å². The van der Waals surface area contributed by atoms with Crippen molar-refractivity contribution in [2.24, 2.45) is 0 Å². The van der Waals surface area contributed by atoms with Gasteiger partial charge in [0, 0.05) is 11.1 Å². The zero-order chi connectivity index (χ0) is 12.4. The van der Waals surface area contributed by atoms with Gasteiger partial charge in [0.25, 0.3) is 5.56 Å². The third kappa shape index (κ3) is 2.78. The molecule has 0 unspecified atom stereocenters. The van der Waals surface area contributed by atoms with E-state index in [1.807, 2.05) is 0 Å². The first kappa shape index (κ1) is 12.0. The number of H-pyrrole nitrogens is 1. The van der Waals surface area contributed by atoms with Crippen molar-refractivity contribution in [2.75, 3.05) is 0 Å². The Morgan fingerprint density at radius 3 is 2.59 bits per heavy atom. The van der Waals surface area contributed by atoms with Crippen molar-refractivity contribution in [3.8, 4) is 0 Å². The molecule has 0 saturated heterocycles. The van der Waals surface area contributed by atoms with E-state index in [1.165, 1.54) is 0 Å². The Hall–Kier alpha value is -1.52. The second-order valence-corrected chi connectivity index (χ2v) is 4.32. The maximum Gasteiger partial charge on any atom is 0.329 e. The lowest BCUT2D eigenvalue weighted by molar-refractivity contribution is 0.699. The van der Waals surface area contributed by atoms with Crippen LogP contribution in [0.2, 0.25) is 10.2 Å². The summed E-state index contributed by atoms with van der Waals surface area (Å²) in [6, 6.07) is 8.12. The molecule has 2 aromatic rings. The molecule has 0 atom stereocenters. The quantitative estimate of drug-likeness (QED) is 0.848. The summed E-state index contributed by atoms with van der Waals surface area (Å²) in [4.78, 5) is 25.5. The SMILES string of the molecule is O=c1cc(Cl)[nH]c(=O)n1Cc1cccc(Cl)c1. The highest BCUT2D eigenvalue weighted by molar-refractivity contribution is 6.30. The molecule has 0 amide bonds. The zero-order valence-electron chi connectivity index (χ0n) is 8.61. The van der Waals surface area contributed by atoms with Crippen molar-refractivity contribution in [1.82, 2.24) is 9.55 Å². The van der Waals surface area contributed by atoms with Crippen LogP contribution in [-0.2, 0) is 6.54 Å². The van der Waals surface area contributed by atoms with Crippen LogP contribution in [0, 0.1) is 0 Å². The fourth-order valence-electron chi connectivity index (χ4n) is 1.46. The molecule has 0 aliphatic heterocycles. The number of nitrogens with one attached hydrogen (secondary N) is 1. The van der Waals surface area contributed by atoms with E-state index in [-0.39, 0.29) is 11.7 Å². The Balaban J connectivity index is 2.44. The maximum absolute atomic E-state index is 11.6. The predicted octanol–water partition coefficient (Wildman–Crippen LogP) is 1.89. The minimum absolute atomic E-state index is 0.0299. The largest absolute Gasteiger partial charge is 0.329 e. The van der Waals surface area contributed by atoms with Crippen molar-refractivity contribution >= 4 is 23.2 Å². The molecule has 1 heterocycles. The van der Waals surface area contributed by atoms with Gasteiger partial charge >= 0.3 is 5.69 Å². The second kappa shape index (κ2) is 4.77. The summed E-state index contributed by atoms with van der Waals surface area (Å²) in [7, 11) is 0. The number of hydrogen-bond donors (Lipinski definition) is 1. The van der Waals surface area contributed by atoms with Crippen LogP contribution in [-0.4, -0.2) is 9.55 Å². The fourth-order valence-corrected chi connectivity index (χ4v) is 1.85. The van der Waals surface area contributed by atoms with Gasteiger partial charge in [0.1, 0.15) is 5.15 Å². The highest BCUT2D eigenvalue weighted by Gasteiger charge is 2.04. The standard InChI is InChI=1S/C11H8Cl2N2O2/c12-8-3-1-2-7(4-8)6-15-10(16)5-9(13)14-11(15)17/h1-5H,6H2,(H,14,17). The van der Waals surface area contributed by atoms with Gasteiger partial charge in [-0.3, -0.25) is 14.3 Å². The normalized spacial score (nSPS) is 10.5. The minimum Gasteiger partial charge on any atom is -0.298 e. The van der Waals surface area contributed by atoms with Gasteiger partial charge in [-0.05, 0) is 17.7 Å². The third-order valence-corrected chi connectivity index (χ3v) is 2.66. The van der Waals surface area contributed by atoms with E-state index in [1.54, 1.807) is 24.3 Å². The van der Waals surface area contributed by atoms with E-state index in [4.69, 9.17) is 23.2 Å². The molecule has 0 spiro atoms. The Bertz CT molecular complexity index is 630. The molecule has 0 saturated carbocycles. The smallest absolute Gasteiger partial charge is 0.298 e. The topological polar surface area (TPSA) is 54.9 Å². The number of halogens is 2. The summed E-state index contributed by atoms with van der Waals surface area (Å²) in [6.07, 6.45) is 0. The Morgan fingerprint density at radius 2 is 1.94 bits per heavy atom. The number of nitrogens with zero attached hydrogens (tertiary/aromatic N) is 1.